The highest BCUT2D eigenvalue weighted by atomic mass is 16.6. The molecule has 116 valence electrons. The quantitative estimate of drug-likeness (QED) is 0.571. The molecule has 0 aliphatic heterocycles. The van der Waals surface area contributed by atoms with E-state index in [2.05, 4.69) is 0 Å². The van der Waals surface area contributed by atoms with Crippen LogP contribution in [0, 0.1) is 5.41 Å². The maximum atomic E-state index is 11.8. The second-order valence-electron chi connectivity index (χ2n) is 5.57. The second kappa shape index (κ2) is 8.08. The van der Waals surface area contributed by atoms with Crippen molar-refractivity contribution in [3.05, 3.63) is 0 Å². The molecule has 0 saturated heterocycles. The first kappa shape index (κ1) is 15.9. The number of carbonyl (C=O) groups excluding carboxylic acids is 1. The van der Waals surface area contributed by atoms with Crippen molar-refractivity contribution in [1.29, 1.82) is 0 Å². The third-order valence-corrected chi connectivity index (χ3v) is 4.39. The van der Waals surface area contributed by atoms with Crippen LogP contribution < -0.4 is 0 Å². The van der Waals surface area contributed by atoms with Gasteiger partial charge in [0, 0.05) is 13.5 Å². The molecular formula is C15H26O5. The van der Waals surface area contributed by atoms with Gasteiger partial charge in [-0.05, 0) is 12.8 Å². The highest BCUT2D eigenvalue weighted by Crippen LogP contribution is 2.51. The van der Waals surface area contributed by atoms with Gasteiger partial charge in [0.15, 0.2) is 0 Å². The van der Waals surface area contributed by atoms with Crippen molar-refractivity contribution >= 4 is 5.78 Å². The van der Waals surface area contributed by atoms with Crippen LogP contribution in [0.5, 0.6) is 0 Å². The minimum absolute atomic E-state index is 0.122. The van der Waals surface area contributed by atoms with Crippen molar-refractivity contribution in [2.75, 3.05) is 46.8 Å². The molecule has 0 bridgehead atoms. The van der Waals surface area contributed by atoms with Gasteiger partial charge in [0.1, 0.15) is 5.78 Å². The summed E-state index contributed by atoms with van der Waals surface area (Å²) in [5, 5.41) is 0. The fourth-order valence-electron chi connectivity index (χ4n) is 3.15. The van der Waals surface area contributed by atoms with Gasteiger partial charge in [-0.1, -0.05) is 12.8 Å². The Kier molecular flexibility index (Phi) is 6.42. The summed E-state index contributed by atoms with van der Waals surface area (Å²) in [6.07, 6.45) is 5.11. The molecule has 1 spiro atoms. The standard InChI is InChI=1S/C15H26O5/c1-17-6-7-18-8-9-19-10-11-20-14-12-13(16)15(14)4-2-3-5-15/h14H,2-12H2,1H3. The maximum Gasteiger partial charge on any atom is 0.144 e. The van der Waals surface area contributed by atoms with Crippen LogP contribution in [-0.2, 0) is 23.7 Å². The first-order chi connectivity index (χ1) is 9.79. The van der Waals surface area contributed by atoms with Crippen molar-refractivity contribution in [2.45, 2.75) is 38.2 Å². The summed E-state index contributed by atoms with van der Waals surface area (Å²) >= 11 is 0. The molecule has 5 nitrogen and oxygen atoms in total. The molecule has 2 saturated carbocycles. The van der Waals surface area contributed by atoms with E-state index in [0.29, 0.717) is 51.8 Å². The van der Waals surface area contributed by atoms with Crippen molar-refractivity contribution in [3.8, 4) is 0 Å². The van der Waals surface area contributed by atoms with E-state index in [0.717, 1.165) is 12.8 Å². The number of hydrogen-bond donors (Lipinski definition) is 0. The molecule has 2 aliphatic rings. The van der Waals surface area contributed by atoms with Crippen molar-refractivity contribution in [3.63, 3.8) is 0 Å². The number of methoxy groups -OCH3 is 1. The summed E-state index contributed by atoms with van der Waals surface area (Å²) in [7, 11) is 1.65. The fraction of sp³-hybridized carbons (Fsp3) is 0.933. The molecule has 1 unspecified atom stereocenters. The minimum atomic E-state index is -0.122. The van der Waals surface area contributed by atoms with Crippen LogP contribution in [0.25, 0.3) is 0 Å². The van der Waals surface area contributed by atoms with Gasteiger partial charge < -0.3 is 18.9 Å². The molecule has 0 N–H and O–H groups in total. The summed E-state index contributed by atoms with van der Waals surface area (Å²) in [6.45, 7) is 3.49. The maximum absolute atomic E-state index is 11.8. The van der Waals surface area contributed by atoms with Gasteiger partial charge in [-0.2, -0.15) is 0 Å². The van der Waals surface area contributed by atoms with E-state index in [9.17, 15) is 4.79 Å². The van der Waals surface area contributed by atoms with E-state index in [1.54, 1.807) is 7.11 Å². The van der Waals surface area contributed by atoms with Crippen LogP contribution in [0.3, 0.4) is 0 Å². The van der Waals surface area contributed by atoms with Crippen molar-refractivity contribution in [1.82, 2.24) is 0 Å². The molecule has 2 aliphatic carbocycles. The number of ether oxygens (including phenoxy) is 4. The molecule has 0 radical (unpaired) electrons. The smallest absolute Gasteiger partial charge is 0.144 e. The normalized spacial score (nSPS) is 24.2. The first-order valence-electron chi connectivity index (χ1n) is 7.59. The Morgan fingerprint density at radius 2 is 1.60 bits per heavy atom. The molecule has 2 fully saturated rings. The van der Waals surface area contributed by atoms with Crippen molar-refractivity contribution < 1.29 is 23.7 Å². The van der Waals surface area contributed by atoms with E-state index in [-0.39, 0.29) is 11.5 Å². The molecule has 2 rings (SSSR count). The number of Topliss-reactive ketones (excluding diaryl/α,β-unsaturated/α-hetero) is 1. The lowest BCUT2D eigenvalue weighted by atomic mass is 9.63. The average molecular weight is 286 g/mol. The van der Waals surface area contributed by atoms with Crippen molar-refractivity contribution in [2.24, 2.45) is 5.41 Å². The lowest BCUT2D eigenvalue weighted by Crippen LogP contribution is -2.53. The Labute approximate surface area is 120 Å². The molecule has 0 aromatic heterocycles. The van der Waals surface area contributed by atoms with E-state index < -0.39 is 0 Å². The summed E-state index contributed by atoms with van der Waals surface area (Å²) in [5.41, 5.74) is -0.122. The summed E-state index contributed by atoms with van der Waals surface area (Å²) < 4.78 is 21.4. The van der Waals surface area contributed by atoms with Crippen LogP contribution in [-0.4, -0.2) is 58.6 Å². The minimum Gasteiger partial charge on any atom is -0.382 e. The van der Waals surface area contributed by atoms with Crippen LogP contribution in [0.1, 0.15) is 32.1 Å². The zero-order valence-electron chi connectivity index (χ0n) is 12.4. The summed E-state index contributed by atoms with van der Waals surface area (Å²) in [5.74, 6) is 0.410. The Morgan fingerprint density at radius 1 is 1.00 bits per heavy atom. The molecular weight excluding hydrogens is 260 g/mol. The summed E-state index contributed by atoms with van der Waals surface area (Å²) in [6, 6.07) is 0. The van der Waals surface area contributed by atoms with Crippen LogP contribution in [0.15, 0.2) is 0 Å². The molecule has 0 amide bonds. The van der Waals surface area contributed by atoms with Gasteiger partial charge in [0.05, 0.1) is 51.2 Å². The average Bonchev–Trinajstić information content (AvgIpc) is 2.97. The Morgan fingerprint density at radius 3 is 2.20 bits per heavy atom. The van der Waals surface area contributed by atoms with E-state index in [4.69, 9.17) is 18.9 Å². The topological polar surface area (TPSA) is 54.0 Å². The largest absolute Gasteiger partial charge is 0.382 e. The highest BCUT2D eigenvalue weighted by molar-refractivity contribution is 5.92. The third-order valence-electron chi connectivity index (χ3n) is 4.39. The second-order valence-corrected chi connectivity index (χ2v) is 5.57. The van der Waals surface area contributed by atoms with E-state index in [1.165, 1.54) is 12.8 Å². The number of ketones is 1. The predicted molar refractivity (Wildman–Crippen MR) is 73.8 cm³/mol. The monoisotopic (exact) mass is 286 g/mol. The van der Waals surface area contributed by atoms with E-state index >= 15 is 0 Å². The first-order valence-corrected chi connectivity index (χ1v) is 7.59. The molecule has 0 heterocycles. The molecule has 0 aromatic carbocycles. The zero-order chi connectivity index (χ0) is 14.3. The highest BCUT2D eigenvalue weighted by Gasteiger charge is 2.56. The SMILES string of the molecule is COCCOCCOCCOC1CC(=O)C12CCCC2. The van der Waals surface area contributed by atoms with Crippen LogP contribution >= 0.6 is 0 Å². The molecule has 5 heteroatoms. The van der Waals surface area contributed by atoms with Gasteiger partial charge in [-0.15, -0.1) is 0 Å². The third kappa shape index (κ3) is 3.79. The molecule has 0 aromatic rings. The van der Waals surface area contributed by atoms with Crippen LogP contribution in [0.4, 0.5) is 0 Å². The number of rotatable bonds is 10. The summed E-state index contributed by atoms with van der Waals surface area (Å²) in [4.78, 5) is 11.8. The van der Waals surface area contributed by atoms with Gasteiger partial charge in [0.2, 0.25) is 0 Å². The lowest BCUT2D eigenvalue weighted by Gasteiger charge is -2.44. The van der Waals surface area contributed by atoms with Gasteiger partial charge in [0.25, 0.3) is 0 Å². The van der Waals surface area contributed by atoms with Gasteiger partial charge >= 0.3 is 0 Å². The molecule has 20 heavy (non-hydrogen) atoms. The lowest BCUT2D eigenvalue weighted by molar-refractivity contribution is -0.165. The predicted octanol–water partition coefficient (Wildman–Crippen LogP) is 1.58. The zero-order valence-corrected chi connectivity index (χ0v) is 12.4. The van der Waals surface area contributed by atoms with Crippen LogP contribution in [0.2, 0.25) is 0 Å². The molecule has 1 atom stereocenters. The number of carbonyl (C=O) groups is 1. The van der Waals surface area contributed by atoms with Gasteiger partial charge in [-0.3, -0.25) is 4.79 Å². The van der Waals surface area contributed by atoms with Gasteiger partial charge in [-0.25, -0.2) is 0 Å². The fourth-order valence-corrected chi connectivity index (χ4v) is 3.15. The Hall–Kier alpha value is -0.490. The number of hydrogen-bond acceptors (Lipinski definition) is 5. The Bertz CT molecular complexity index is 299. The Balaban J connectivity index is 1.47. The van der Waals surface area contributed by atoms with E-state index in [1.807, 2.05) is 0 Å².